The number of aryl methyl sites for hydroxylation is 1. The molecule has 4 N–H and O–H groups in total. The quantitative estimate of drug-likeness (QED) is 0.499. The first-order chi connectivity index (χ1) is 6.75. The number of benzene rings is 1. The van der Waals surface area contributed by atoms with Crippen LogP contribution in [0.3, 0.4) is 0 Å². The molecule has 3 nitrogen and oxygen atoms in total. The SMILES string of the molecule is N=C(N)CCc1ccc2cc[nH]c2c1. The van der Waals surface area contributed by atoms with E-state index in [2.05, 4.69) is 23.2 Å². The molecule has 0 spiro atoms. The van der Waals surface area contributed by atoms with E-state index in [1.807, 2.05) is 12.3 Å². The molecule has 72 valence electrons. The van der Waals surface area contributed by atoms with Crippen molar-refractivity contribution in [1.29, 1.82) is 5.41 Å². The molecule has 0 aliphatic heterocycles. The van der Waals surface area contributed by atoms with Crippen molar-refractivity contribution >= 4 is 16.7 Å². The first-order valence-corrected chi connectivity index (χ1v) is 4.64. The molecule has 1 aromatic heterocycles. The van der Waals surface area contributed by atoms with Crippen LogP contribution in [0.25, 0.3) is 10.9 Å². The van der Waals surface area contributed by atoms with E-state index in [0.717, 1.165) is 11.9 Å². The molecule has 1 heterocycles. The number of rotatable bonds is 3. The number of aromatic amines is 1. The van der Waals surface area contributed by atoms with Gasteiger partial charge in [0.05, 0.1) is 5.84 Å². The first-order valence-electron chi connectivity index (χ1n) is 4.64. The highest BCUT2D eigenvalue weighted by Crippen LogP contribution is 2.14. The number of amidine groups is 1. The minimum Gasteiger partial charge on any atom is -0.388 e. The van der Waals surface area contributed by atoms with Gasteiger partial charge in [0.2, 0.25) is 0 Å². The Labute approximate surface area is 82.4 Å². The number of hydrogen-bond donors (Lipinski definition) is 3. The number of fused-ring (bicyclic) bond motifs is 1. The molecule has 0 radical (unpaired) electrons. The standard InChI is InChI=1S/C11H13N3/c12-11(13)4-2-8-1-3-9-5-6-14-10(9)7-8/h1,3,5-7,14H,2,4H2,(H3,12,13). The molecule has 0 aliphatic rings. The van der Waals surface area contributed by atoms with Gasteiger partial charge in [-0.2, -0.15) is 0 Å². The Kier molecular flexibility index (Phi) is 2.23. The summed E-state index contributed by atoms with van der Waals surface area (Å²) >= 11 is 0. The molecule has 2 aromatic rings. The summed E-state index contributed by atoms with van der Waals surface area (Å²) in [6.45, 7) is 0. The lowest BCUT2D eigenvalue weighted by Crippen LogP contribution is -2.10. The van der Waals surface area contributed by atoms with E-state index in [1.54, 1.807) is 0 Å². The molecule has 2 rings (SSSR count). The molecular formula is C11H13N3. The fourth-order valence-electron chi connectivity index (χ4n) is 1.53. The molecule has 0 atom stereocenters. The molecule has 0 saturated heterocycles. The van der Waals surface area contributed by atoms with E-state index >= 15 is 0 Å². The summed E-state index contributed by atoms with van der Waals surface area (Å²) in [5.74, 6) is 0.247. The monoisotopic (exact) mass is 187 g/mol. The molecule has 0 amide bonds. The molecule has 0 aliphatic carbocycles. The Morgan fingerprint density at radius 2 is 2.21 bits per heavy atom. The second kappa shape index (κ2) is 3.54. The van der Waals surface area contributed by atoms with Crippen LogP contribution in [0, 0.1) is 5.41 Å². The van der Waals surface area contributed by atoms with Crippen molar-refractivity contribution in [2.75, 3.05) is 0 Å². The third-order valence-electron chi connectivity index (χ3n) is 2.30. The Bertz CT molecular complexity index is 456. The molecule has 0 fully saturated rings. The smallest absolute Gasteiger partial charge is 0.0908 e. The zero-order valence-electron chi connectivity index (χ0n) is 7.88. The molecule has 0 bridgehead atoms. The van der Waals surface area contributed by atoms with Crippen molar-refractivity contribution in [3.63, 3.8) is 0 Å². The van der Waals surface area contributed by atoms with Gasteiger partial charge in [0.1, 0.15) is 0 Å². The number of hydrogen-bond acceptors (Lipinski definition) is 1. The number of aromatic nitrogens is 1. The normalized spacial score (nSPS) is 10.6. The second-order valence-electron chi connectivity index (χ2n) is 3.42. The molecule has 3 heteroatoms. The zero-order chi connectivity index (χ0) is 9.97. The largest absolute Gasteiger partial charge is 0.388 e. The molecule has 0 saturated carbocycles. The van der Waals surface area contributed by atoms with Crippen LogP contribution in [-0.4, -0.2) is 10.8 Å². The van der Waals surface area contributed by atoms with Crippen molar-refractivity contribution in [2.24, 2.45) is 5.73 Å². The molecule has 0 unspecified atom stereocenters. The summed E-state index contributed by atoms with van der Waals surface area (Å²) in [6, 6.07) is 8.32. The minimum atomic E-state index is 0.247. The van der Waals surface area contributed by atoms with Crippen molar-refractivity contribution in [3.05, 3.63) is 36.0 Å². The lowest BCUT2D eigenvalue weighted by Gasteiger charge is -2.00. The maximum Gasteiger partial charge on any atom is 0.0908 e. The van der Waals surface area contributed by atoms with E-state index in [0.29, 0.717) is 6.42 Å². The van der Waals surface area contributed by atoms with E-state index in [4.69, 9.17) is 11.1 Å². The van der Waals surface area contributed by atoms with Crippen molar-refractivity contribution < 1.29 is 0 Å². The summed E-state index contributed by atoms with van der Waals surface area (Å²) in [5, 5.41) is 8.37. The summed E-state index contributed by atoms with van der Waals surface area (Å²) in [4.78, 5) is 3.16. The van der Waals surface area contributed by atoms with Gasteiger partial charge in [-0.15, -0.1) is 0 Å². The second-order valence-corrected chi connectivity index (χ2v) is 3.42. The van der Waals surface area contributed by atoms with Crippen LogP contribution < -0.4 is 5.73 Å². The summed E-state index contributed by atoms with van der Waals surface area (Å²) in [7, 11) is 0. The Morgan fingerprint density at radius 1 is 1.36 bits per heavy atom. The van der Waals surface area contributed by atoms with Crippen LogP contribution in [0.1, 0.15) is 12.0 Å². The van der Waals surface area contributed by atoms with E-state index in [9.17, 15) is 0 Å². The fourth-order valence-corrected chi connectivity index (χ4v) is 1.53. The maximum atomic E-state index is 7.15. The van der Waals surface area contributed by atoms with Gasteiger partial charge in [0.25, 0.3) is 0 Å². The van der Waals surface area contributed by atoms with Gasteiger partial charge in [-0.3, -0.25) is 5.41 Å². The molecule has 14 heavy (non-hydrogen) atoms. The van der Waals surface area contributed by atoms with Gasteiger partial charge in [-0.1, -0.05) is 12.1 Å². The fraction of sp³-hybridized carbons (Fsp3) is 0.182. The van der Waals surface area contributed by atoms with Crippen LogP contribution in [0.5, 0.6) is 0 Å². The van der Waals surface area contributed by atoms with Gasteiger partial charge < -0.3 is 10.7 Å². The predicted octanol–water partition coefficient (Wildman–Crippen LogP) is 2.04. The zero-order valence-corrected chi connectivity index (χ0v) is 7.88. The summed E-state index contributed by atoms with van der Waals surface area (Å²) < 4.78 is 0. The minimum absolute atomic E-state index is 0.247. The molecular weight excluding hydrogens is 174 g/mol. The topological polar surface area (TPSA) is 65.7 Å². The van der Waals surface area contributed by atoms with Gasteiger partial charge >= 0.3 is 0 Å². The molecule has 1 aromatic carbocycles. The Balaban J connectivity index is 2.21. The number of H-pyrrole nitrogens is 1. The van der Waals surface area contributed by atoms with Crippen LogP contribution in [-0.2, 0) is 6.42 Å². The third-order valence-corrected chi connectivity index (χ3v) is 2.30. The Hall–Kier alpha value is -1.77. The van der Waals surface area contributed by atoms with Gasteiger partial charge in [0, 0.05) is 18.1 Å². The lowest BCUT2D eigenvalue weighted by atomic mass is 10.1. The average molecular weight is 187 g/mol. The van der Waals surface area contributed by atoms with E-state index in [1.165, 1.54) is 10.9 Å². The average Bonchev–Trinajstić information content (AvgIpc) is 2.61. The van der Waals surface area contributed by atoms with Crippen LogP contribution in [0.2, 0.25) is 0 Å². The third kappa shape index (κ3) is 1.76. The van der Waals surface area contributed by atoms with Crippen LogP contribution >= 0.6 is 0 Å². The lowest BCUT2D eigenvalue weighted by molar-refractivity contribution is 1.02. The van der Waals surface area contributed by atoms with Gasteiger partial charge in [-0.05, 0) is 29.5 Å². The predicted molar refractivity (Wildman–Crippen MR) is 58.5 cm³/mol. The van der Waals surface area contributed by atoms with E-state index < -0.39 is 0 Å². The van der Waals surface area contributed by atoms with Crippen molar-refractivity contribution in [2.45, 2.75) is 12.8 Å². The number of nitrogens with two attached hydrogens (primary N) is 1. The first kappa shape index (κ1) is 8.81. The highest BCUT2D eigenvalue weighted by Gasteiger charge is 1.98. The number of nitrogens with one attached hydrogen (secondary N) is 2. The summed E-state index contributed by atoms with van der Waals surface area (Å²) in [6.07, 6.45) is 3.40. The van der Waals surface area contributed by atoms with Crippen LogP contribution in [0.15, 0.2) is 30.5 Å². The summed E-state index contributed by atoms with van der Waals surface area (Å²) in [5.41, 5.74) is 7.67. The van der Waals surface area contributed by atoms with Gasteiger partial charge in [0.15, 0.2) is 0 Å². The van der Waals surface area contributed by atoms with E-state index in [-0.39, 0.29) is 5.84 Å². The highest BCUT2D eigenvalue weighted by atomic mass is 14.7. The highest BCUT2D eigenvalue weighted by molar-refractivity contribution is 5.80. The van der Waals surface area contributed by atoms with Crippen molar-refractivity contribution in [1.82, 2.24) is 4.98 Å². The Morgan fingerprint density at radius 3 is 3.00 bits per heavy atom. The van der Waals surface area contributed by atoms with Crippen molar-refractivity contribution in [3.8, 4) is 0 Å². The maximum absolute atomic E-state index is 7.15. The van der Waals surface area contributed by atoms with Gasteiger partial charge in [-0.25, -0.2) is 0 Å². The van der Waals surface area contributed by atoms with Crippen LogP contribution in [0.4, 0.5) is 0 Å².